The van der Waals surface area contributed by atoms with Gasteiger partial charge in [-0.05, 0) is 44.1 Å². The van der Waals surface area contributed by atoms with Crippen LogP contribution in [0.25, 0.3) is 0 Å². The highest BCUT2D eigenvalue weighted by atomic mass is 32.2. The number of carbonyl (C=O) groups excluding carboxylic acids is 1. The van der Waals surface area contributed by atoms with Crippen molar-refractivity contribution in [1.82, 2.24) is 10.3 Å². The van der Waals surface area contributed by atoms with Crippen LogP contribution in [0, 0.1) is 0 Å². The van der Waals surface area contributed by atoms with E-state index in [2.05, 4.69) is 21.9 Å². The van der Waals surface area contributed by atoms with E-state index in [4.69, 9.17) is 0 Å². The zero-order chi connectivity index (χ0) is 13.7. The lowest BCUT2D eigenvalue weighted by Gasteiger charge is -2.28. The molecule has 4 nitrogen and oxygen atoms in total. The fraction of sp³-hybridized carbons (Fsp3) is 0.571. The molecule has 1 aromatic rings. The standard InChI is InChI=1S/C14H21N3OS/c1-15-13-12(4-3-9-16-13)14(18)17-10-5-7-11(19-2)8-6-10/h3-4,9-11H,5-8H2,1-2H3,(H,15,16)(H,17,18). The molecule has 1 aliphatic carbocycles. The second kappa shape index (κ2) is 6.80. The van der Waals surface area contributed by atoms with Crippen LogP contribution in [0.1, 0.15) is 36.0 Å². The number of amides is 1. The Labute approximate surface area is 118 Å². The Bertz CT molecular complexity index is 430. The van der Waals surface area contributed by atoms with Gasteiger partial charge in [0.25, 0.3) is 5.91 Å². The molecule has 0 radical (unpaired) electrons. The van der Waals surface area contributed by atoms with Gasteiger partial charge in [-0.3, -0.25) is 4.79 Å². The second-order valence-corrected chi connectivity index (χ2v) is 5.97. The fourth-order valence-corrected chi connectivity index (χ4v) is 3.24. The van der Waals surface area contributed by atoms with E-state index in [1.165, 1.54) is 12.8 Å². The van der Waals surface area contributed by atoms with E-state index < -0.39 is 0 Å². The average molecular weight is 279 g/mol. The Morgan fingerprint density at radius 1 is 1.37 bits per heavy atom. The van der Waals surface area contributed by atoms with E-state index in [9.17, 15) is 4.79 Å². The molecule has 19 heavy (non-hydrogen) atoms. The Morgan fingerprint density at radius 3 is 2.74 bits per heavy atom. The van der Waals surface area contributed by atoms with E-state index in [1.807, 2.05) is 17.8 Å². The third-order valence-electron chi connectivity index (χ3n) is 3.63. The largest absolute Gasteiger partial charge is 0.372 e. The summed E-state index contributed by atoms with van der Waals surface area (Å²) in [5.41, 5.74) is 0.622. The van der Waals surface area contributed by atoms with Crippen LogP contribution in [0.15, 0.2) is 18.3 Å². The topological polar surface area (TPSA) is 54.0 Å². The van der Waals surface area contributed by atoms with Crippen molar-refractivity contribution in [3.63, 3.8) is 0 Å². The monoisotopic (exact) mass is 279 g/mol. The maximum absolute atomic E-state index is 12.2. The van der Waals surface area contributed by atoms with Crippen molar-refractivity contribution in [2.24, 2.45) is 0 Å². The third-order valence-corrected chi connectivity index (χ3v) is 4.77. The summed E-state index contributed by atoms with van der Waals surface area (Å²) in [6.07, 6.45) is 8.39. The summed E-state index contributed by atoms with van der Waals surface area (Å²) in [5.74, 6) is 0.614. The molecule has 1 saturated carbocycles. The molecule has 0 aromatic carbocycles. The number of nitrogens with one attached hydrogen (secondary N) is 2. The summed E-state index contributed by atoms with van der Waals surface area (Å²) >= 11 is 1.94. The number of nitrogens with zero attached hydrogens (tertiary/aromatic N) is 1. The summed E-state index contributed by atoms with van der Waals surface area (Å²) in [6.45, 7) is 0. The number of rotatable bonds is 4. The summed E-state index contributed by atoms with van der Waals surface area (Å²) < 4.78 is 0. The molecular formula is C14H21N3OS. The van der Waals surface area contributed by atoms with Gasteiger partial charge in [-0.25, -0.2) is 4.98 Å². The fourth-order valence-electron chi connectivity index (χ4n) is 2.49. The highest BCUT2D eigenvalue weighted by molar-refractivity contribution is 7.99. The molecule has 0 atom stereocenters. The molecule has 2 N–H and O–H groups in total. The first-order chi connectivity index (χ1) is 9.24. The van der Waals surface area contributed by atoms with E-state index in [-0.39, 0.29) is 5.91 Å². The Hall–Kier alpha value is -1.23. The average Bonchev–Trinajstić information content (AvgIpc) is 2.48. The van der Waals surface area contributed by atoms with Crippen LogP contribution < -0.4 is 10.6 Å². The van der Waals surface area contributed by atoms with Crippen LogP contribution in [0.4, 0.5) is 5.82 Å². The highest BCUT2D eigenvalue weighted by Gasteiger charge is 2.22. The van der Waals surface area contributed by atoms with E-state index >= 15 is 0 Å². The highest BCUT2D eigenvalue weighted by Crippen LogP contribution is 2.27. The van der Waals surface area contributed by atoms with Crippen molar-refractivity contribution >= 4 is 23.5 Å². The van der Waals surface area contributed by atoms with Crippen LogP contribution in [0.2, 0.25) is 0 Å². The molecule has 0 bridgehead atoms. The minimum atomic E-state index is -0.0231. The Balaban J connectivity index is 1.94. The lowest BCUT2D eigenvalue weighted by molar-refractivity contribution is 0.0928. The van der Waals surface area contributed by atoms with Gasteiger partial charge in [-0.1, -0.05) is 0 Å². The lowest BCUT2D eigenvalue weighted by atomic mass is 9.95. The lowest BCUT2D eigenvalue weighted by Crippen LogP contribution is -2.38. The van der Waals surface area contributed by atoms with E-state index in [0.717, 1.165) is 18.1 Å². The smallest absolute Gasteiger partial charge is 0.255 e. The molecule has 104 valence electrons. The number of pyridine rings is 1. The summed E-state index contributed by atoms with van der Waals surface area (Å²) in [4.78, 5) is 16.4. The molecule has 1 heterocycles. The first-order valence-corrected chi connectivity index (χ1v) is 7.99. The maximum Gasteiger partial charge on any atom is 0.255 e. The number of hydrogen-bond donors (Lipinski definition) is 2. The summed E-state index contributed by atoms with van der Waals surface area (Å²) in [6, 6.07) is 3.91. The van der Waals surface area contributed by atoms with Gasteiger partial charge in [0.05, 0.1) is 5.56 Å². The Kier molecular flexibility index (Phi) is 5.07. The van der Waals surface area contributed by atoms with Crippen molar-refractivity contribution in [3.8, 4) is 0 Å². The second-order valence-electron chi connectivity index (χ2n) is 4.83. The van der Waals surface area contributed by atoms with Crippen molar-refractivity contribution in [3.05, 3.63) is 23.9 Å². The molecule has 0 aliphatic heterocycles. The van der Waals surface area contributed by atoms with Crippen molar-refractivity contribution in [1.29, 1.82) is 0 Å². The van der Waals surface area contributed by atoms with Gasteiger partial charge in [-0.15, -0.1) is 0 Å². The first-order valence-electron chi connectivity index (χ1n) is 6.71. The molecule has 1 fully saturated rings. The zero-order valence-electron chi connectivity index (χ0n) is 11.5. The number of thioether (sulfide) groups is 1. The number of hydrogen-bond acceptors (Lipinski definition) is 4. The predicted octanol–water partition coefficient (Wildman–Crippen LogP) is 2.53. The van der Waals surface area contributed by atoms with Crippen LogP contribution in [-0.2, 0) is 0 Å². The minimum absolute atomic E-state index is 0.0231. The van der Waals surface area contributed by atoms with Crippen LogP contribution in [-0.4, -0.2) is 35.5 Å². The summed E-state index contributed by atoms with van der Waals surface area (Å²) in [5, 5.41) is 6.84. The molecule has 0 spiro atoms. The quantitative estimate of drug-likeness (QED) is 0.889. The van der Waals surface area contributed by atoms with Crippen molar-refractivity contribution in [2.75, 3.05) is 18.6 Å². The number of anilines is 1. The number of carbonyl (C=O) groups is 1. The maximum atomic E-state index is 12.2. The van der Waals surface area contributed by atoms with Crippen molar-refractivity contribution < 1.29 is 4.79 Å². The number of aromatic nitrogens is 1. The van der Waals surface area contributed by atoms with Gasteiger partial charge in [0.1, 0.15) is 5.82 Å². The molecule has 1 aliphatic rings. The Morgan fingerprint density at radius 2 is 2.11 bits per heavy atom. The van der Waals surface area contributed by atoms with Gasteiger partial charge in [0.2, 0.25) is 0 Å². The van der Waals surface area contributed by atoms with Gasteiger partial charge < -0.3 is 10.6 Å². The van der Waals surface area contributed by atoms with Crippen LogP contribution in [0.3, 0.4) is 0 Å². The van der Waals surface area contributed by atoms with Gasteiger partial charge >= 0.3 is 0 Å². The zero-order valence-corrected chi connectivity index (χ0v) is 12.3. The summed E-state index contributed by atoms with van der Waals surface area (Å²) in [7, 11) is 1.78. The van der Waals surface area contributed by atoms with Crippen molar-refractivity contribution in [2.45, 2.75) is 37.0 Å². The van der Waals surface area contributed by atoms with E-state index in [0.29, 0.717) is 17.4 Å². The normalized spacial score (nSPS) is 22.8. The minimum Gasteiger partial charge on any atom is -0.372 e. The van der Waals surface area contributed by atoms with Gasteiger partial charge in [0.15, 0.2) is 0 Å². The third kappa shape index (κ3) is 3.62. The molecular weight excluding hydrogens is 258 g/mol. The first kappa shape index (κ1) is 14.2. The molecule has 2 rings (SSSR count). The van der Waals surface area contributed by atoms with Crippen LogP contribution >= 0.6 is 11.8 Å². The van der Waals surface area contributed by atoms with Gasteiger partial charge in [-0.2, -0.15) is 11.8 Å². The molecule has 5 heteroatoms. The SMILES string of the molecule is CNc1ncccc1C(=O)NC1CCC(SC)CC1. The van der Waals surface area contributed by atoms with Crippen LogP contribution in [0.5, 0.6) is 0 Å². The van der Waals surface area contributed by atoms with Gasteiger partial charge in [0, 0.05) is 24.5 Å². The van der Waals surface area contributed by atoms with E-state index in [1.54, 1.807) is 19.3 Å². The molecule has 0 unspecified atom stereocenters. The molecule has 0 saturated heterocycles. The molecule has 1 aromatic heterocycles. The predicted molar refractivity (Wildman–Crippen MR) is 80.8 cm³/mol. The molecule has 1 amide bonds.